The van der Waals surface area contributed by atoms with Crippen LogP contribution in [-0.4, -0.2) is 44.3 Å². The third-order valence-electron chi connectivity index (χ3n) is 8.70. The molecule has 4 heteroatoms. The van der Waals surface area contributed by atoms with E-state index in [1.165, 1.54) is 31.3 Å². The molecule has 3 saturated carbocycles. The van der Waals surface area contributed by atoms with E-state index in [2.05, 4.69) is 32.6 Å². The Kier molecular flexibility index (Phi) is 7.57. The molecule has 0 aliphatic heterocycles. The second kappa shape index (κ2) is 9.51. The summed E-state index contributed by atoms with van der Waals surface area (Å²) in [5, 5.41) is 40.5. The fourth-order valence-corrected chi connectivity index (χ4v) is 6.65. The number of fused-ring (bicyclic) bond motifs is 1. The highest BCUT2D eigenvalue weighted by atomic mass is 16.3. The highest BCUT2D eigenvalue weighted by molar-refractivity contribution is 5.38. The quantitative estimate of drug-likeness (QED) is 0.491. The molecule has 3 aliphatic carbocycles. The molecule has 0 aromatic rings. The van der Waals surface area contributed by atoms with Gasteiger partial charge in [-0.25, -0.2) is 0 Å². The van der Waals surface area contributed by atoms with E-state index in [1.807, 2.05) is 0 Å². The van der Waals surface area contributed by atoms with E-state index in [1.54, 1.807) is 13.8 Å². The molecule has 0 heterocycles. The zero-order chi connectivity index (χ0) is 23.0. The highest BCUT2D eigenvalue weighted by Crippen LogP contribution is 2.60. The van der Waals surface area contributed by atoms with Gasteiger partial charge in [0.1, 0.15) is 0 Å². The van der Waals surface area contributed by atoms with Gasteiger partial charge in [0.15, 0.2) is 0 Å². The van der Waals surface area contributed by atoms with Crippen molar-refractivity contribution >= 4 is 0 Å². The first-order chi connectivity index (χ1) is 14.4. The Labute approximate surface area is 188 Å². The minimum atomic E-state index is -1.04. The van der Waals surface area contributed by atoms with E-state index in [9.17, 15) is 20.4 Å². The smallest absolute Gasteiger partial charge is 0.0849 e. The Morgan fingerprint density at radius 2 is 1.90 bits per heavy atom. The van der Waals surface area contributed by atoms with Crippen molar-refractivity contribution in [3.05, 3.63) is 35.5 Å². The summed E-state index contributed by atoms with van der Waals surface area (Å²) >= 11 is 0. The molecule has 31 heavy (non-hydrogen) atoms. The summed E-state index contributed by atoms with van der Waals surface area (Å²) in [5.41, 5.74) is 2.48. The second-order valence-corrected chi connectivity index (χ2v) is 11.4. The molecule has 0 aromatic heterocycles. The number of allylic oxidation sites excluding steroid dienone is 3. The highest BCUT2D eigenvalue weighted by Gasteiger charge is 2.50. The average molecular weight is 433 g/mol. The van der Waals surface area contributed by atoms with E-state index in [0.29, 0.717) is 37.0 Å². The molecule has 1 unspecified atom stereocenters. The van der Waals surface area contributed by atoms with E-state index in [0.717, 1.165) is 24.0 Å². The SMILES string of the molecule is C=C1/C(=C\C=C2CCC[C@@]3(C)C2CC[C@@H]3[C@H](C)CC[C@@H](O)C(C)(C)O)C[C@@H](O)C[C@H]1O. The lowest BCUT2D eigenvalue weighted by Crippen LogP contribution is -2.38. The van der Waals surface area contributed by atoms with Crippen LogP contribution in [0.4, 0.5) is 0 Å². The molecule has 3 aliphatic rings. The van der Waals surface area contributed by atoms with Gasteiger partial charge in [0.05, 0.1) is 23.9 Å². The zero-order valence-corrected chi connectivity index (χ0v) is 20.0. The summed E-state index contributed by atoms with van der Waals surface area (Å²) in [7, 11) is 0. The van der Waals surface area contributed by atoms with Crippen molar-refractivity contribution in [2.24, 2.45) is 23.2 Å². The Hall–Kier alpha value is -0.940. The summed E-state index contributed by atoms with van der Waals surface area (Å²) in [4.78, 5) is 0. The third-order valence-corrected chi connectivity index (χ3v) is 8.70. The fourth-order valence-electron chi connectivity index (χ4n) is 6.65. The van der Waals surface area contributed by atoms with Crippen LogP contribution in [0.15, 0.2) is 35.5 Å². The van der Waals surface area contributed by atoms with Crippen LogP contribution in [-0.2, 0) is 0 Å². The summed E-state index contributed by atoms with van der Waals surface area (Å²) in [6.07, 6.45) is 11.1. The molecule has 0 bridgehead atoms. The predicted octanol–water partition coefficient (Wildman–Crippen LogP) is 4.68. The normalized spacial score (nSPS) is 39.0. The Morgan fingerprint density at radius 1 is 1.19 bits per heavy atom. The van der Waals surface area contributed by atoms with Gasteiger partial charge in [-0.05, 0) is 99.5 Å². The minimum absolute atomic E-state index is 0.282. The number of hydrogen-bond acceptors (Lipinski definition) is 4. The monoisotopic (exact) mass is 432 g/mol. The lowest BCUT2D eigenvalue weighted by molar-refractivity contribution is -0.0554. The maximum atomic E-state index is 10.3. The van der Waals surface area contributed by atoms with Crippen LogP contribution in [0.2, 0.25) is 0 Å². The molecule has 0 radical (unpaired) electrons. The summed E-state index contributed by atoms with van der Waals surface area (Å²) in [6, 6.07) is 0. The molecule has 4 nitrogen and oxygen atoms in total. The first kappa shape index (κ1) is 24.7. The van der Waals surface area contributed by atoms with Crippen molar-refractivity contribution in [2.45, 2.75) is 109 Å². The van der Waals surface area contributed by atoms with Gasteiger partial charge in [-0.15, -0.1) is 0 Å². The molecular weight excluding hydrogens is 388 g/mol. The topological polar surface area (TPSA) is 80.9 Å². The number of rotatable bonds is 6. The molecule has 0 amide bonds. The molecule has 0 aromatic carbocycles. The van der Waals surface area contributed by atoms with Gasteiger partial charge in [0.25, 0.3) is 0 Å². The molecule has 0 saturated heterocycles. The maximum absolute atomic E-state index is 10.3. The van der Waals surface area contributed by atoms with Gasteiger partial charge in [-0.1, -0.05) is 38.2 Å². The van der Waals surface area contributed by atoms with Gasteiger partial charge >= 0.3 is 0 Å². The van der Waals surface area contributed by atoms with E-state index < -0.39 is 23.9 Å². The van der Waals surface area contributed by atoms with Crippen molar-refractivity contribution in [1.82, 2.24) is 0 Å². The van der Waals surface area contributed by atoms with Crippen LogP contribution in [0, 0.1) is 23.2 Å². The lowest BCUT2D eigenvalue weighted by Gasteiger charge is -2.44. The summed E-state index contributed by atoms with van der Waals surface area (Å²) in [5.74, 6) is 1.74. The van der Waals surface area contributed by atoms with Crippen molar-refractivity contribution < 1.29 is 20.4 Å². The van der Waals surface area contributed by atoms with Crippen molar-refractivity contribution in [3.8, 4) is 0 Å². The van der Waals surface area contributed by atoms with Crippen LogP contribution in [0.1, 0.15) is 85.5 Å². The summed E-state index contributed by atoms with van der Waals surface area (Å²) < 4.78 is 0. The largest absolute Gasteiger partial charge is 0.393 e. The van der Waals surface area contributed by atoms with Crippen LogP contribution in [0.25, 0.3) is 0 Å². The Balaban J connectivity index is 1.71. The third kappa shape index (κ3) is 5.35. The molecular formula is C27H44O4. The number of hydrogen-bond donors (Lipinski definition) is 4. The number of aliphatic hydroxyl groups is 4. The molecule has 176 valence electrons. The maximum Gasteiger partial charge on any atom is 0.0849 e. The molecule has 3 rings (SSSR count). The molecule has 3 fully saturated rings. The minimum Gasteiger partial charge on any atom is -0.393 e. The molecule has 0 spiro atoms. The molecule has 4 N–H and O–H groups in total. The van der Waals surface area contributed by atoms with Crippen molar-refractivity contribution in [1.29, 1.82) is 0 Å². The van der Waals surface area contributed by atoms with E-state index in [-0.39, 0.29) is 5.41 Å². The van der Waals surface area contributed by atoms with Crippen LogP contribution < -0.4 is 0 Å². The Morgan fingerprint density at radius 3 is 2.58 bits per heavy atom. The zero-order valence-electron chi connectivity index (χ0n) is 20.0. The van der Waals surface area contributed by atoms with E-state index in [4.69, 9.17) is 0 Å². The van der Waals surface area contributed by atoms with Crippen LogP contribution in [0.3, 0.4) is 0 Å². The van der Waals surface area contributed by atoms with E-state index >= 15 is 0 Å². The molecule has 7 atom stereocenters. The average Bonchev–Trinajstić information content (AvgIpc) is 3.04. The van der Waals surface area contributed by atoms with Gasteiger partial charge in [0.2, 0.25) is 0 Å². The van der Waals surface area contributed by atoms with Gasteiger partial charge in [-0.3, -0.25) is 0 Å². The van der Waals surface area contributed by atoms with Crippen LogP contribution in [0.5, 0.6) is 0 Å². The number of aliphatic hydroxyl groups excluding tert-OH is 3. The standard InChI is InChI=1S/C27H44O4/c1-17(8-13-25(30)26(3,4)31)22-11-12-23-19(7-6-14-27(22,23)5)9-10-20-15-21(28)16-24(29)18(20)2/h9-10,17,21-25,28-31H,2,6-8,11-16H2,1,3-5H3/b19-9?,20-10-/t17-,21-,22-,23?,24-,25-,27-/m1/s1. The van der Waals surface area contributed by atoms with Gasteiger partial charge in [0, 0.05) is 6.42 Å². The van der Waals surface area contributed by atoms with Gasteiger partial charge < -0.3 is 20.4 Å². The lowest BCUT2D eigenvalue weighted by atomic mass is 9.60. The summed E-state index contributed by atoms with van der Waals surface area (Å²) in [6.45, 7) is 12.2. The first-order valence-corrected chi connectivity index (χ1v) is 12.3. The second-order valence-electron chi connectivity index (χ2n) is 11.4. The van der Waals surface area contributed by atoms with Crippen molar-refractivity contribution in [2.75, 3.05) is 0 Å². The van der Waals surface area contributed by atoms with Crippen LogP contribution >= 0.6 is 0 Å². The fraction of sp³-hybridized carbons (Fsp3) is 0.778. The first-order valence-electron chi connectivity index (χ1n) is 12.3. The van der Waals surface area contributed by atoms with Gasteiger partial charge in [-0.2, -0.15) is 0 Å². The predicted molar refractivity (Wildman–Crippen MR) is 125 cm³/mol. The van der Waals surface area contributed by atoms with Crippen molar-refractivity contribution in [3.63, 3.8) is 0 Å². The Bertz CT molecular complexity index is 715.